The Morgan fingerprint density at radius 2 is 1.57 bits per heavy atom. The number of carbonyl (C=O) groups is 1. The van der Waals surface area contributed by atoms with Crippen LogP contribution >= 0.6 is 8.25 Å². The van der Waals surface area contributed by atoms with E-state index in [-0.39, 0.29) is 16.6 Å². The third-order valence-electron chi connectivity index (χ3n) is 4.42. The minimum Gasteiger partial charge on any atom is -0.507 e. The summed E-state index contributed by atoms with van der Waals surface area (Å²) in [5.41, 5.74) is 1.47. The number of unbranched alkanes of at least 4 members (excludes halogenated alkanes) is 1. The Labute approximate surface area is 181 Å². The molecule has 2 unspecified atom stereocenters. The lowest BCUT2D eigenvalue weighted by Crippen LogP contribution is -2.29. The predicted octanol–water partition coefficient (Wildman–Crippen LogP) is 6.73. The molecule has 0 bridgehead atoms. The third kappa shape index (κ3) is 9.03. The molecule has 0 saturated heterocycles. The van der Waals surface area contributed by atoms with E-state index in [1.165, 1.54) is 18.9 Å². The lowest BCUT2D eigenvalue weighted by Gasteiger charge is -2.27. The van der Waals surface area contributed by atoms with Gasteiger partial charge >= 0.3 is 14.1 Å². The fraction of sp³-hybridized carbons (Fsp3) is 0.609. The molecule has 30 heavy (non-hydrogen) atoms. The summed E-state index contributed by atoms with van der Waals surface area (Å²) in [6.07, 6.45) is 4.82. The molecule has 1 rings (SSSR count). The van der Waals surface area contributed by atoms with E-state index < -0.39 is 19.9 Å². The quantitative estimate of drug-likeness (QED) is 0.376. The summed E-state index contributed by atoms with van der Waals surface area (Å²) in [6, 6.07) is 3.66. The Balaban J connectivity index is 0.00000192. The molecule has 170 valence electrons. The Morgan fingerprint density at radius 1 is 1.07 bits per heavy atom. The minimum atomic E-state index is -3.26. The van der Waals surface area contributed by atoms with Crippen LogP contribution in [-0.4, -0.2) is 21.6 Å². The van der Waals surface area contributed by atoms with Crippen LogP contribution in [0.5, 0.6) is 5.75 Å². The predicted molar refractivity (Wildman–Crippen MR) is 121 cm³/mol. The van der Waals surface area contributed by atoms with Crippen molar-refractivity contribution in [2.45, 2.75) is 91.8 Å². The second-order valence-corrected chi connectivity index (χ2v) is 10.1. The van der Waals surface area contributed by atoms with Gasteiger partial charge in [-0.2, -0.15) is 4.39 Å². The zero-order chi connectivity index (χ0) is 23.9. The largest absolute Gasteiger partial charge is 0.698 e. The van der Waals surface area contributed by atoms with Gasteiger partial charge in [-0.25, -0.2) is 0 Å². The summed E-state index contributed by atoms with van der Waals surface area (Å²) in [5.74, 6) is -4.06. The third-order valence-corrected chi connectivity index (χ3v) is 4.92. The highest BCUT2D eigenvalue weighted by molar-refractivity contribution is 7.32. The number of phenols is 1. The molecule has 0 fully saturated rings. The van der Waals surface area contributed by atoms with Crippen molar-refractivity contribution in [2.24, 2.45) is 0 Å². The number of halogens is 1. The van der Waals surface area contributed by atoms with Gasteiger partial charge in [0.1, 0.15) is 5.75 Å². The minimum absolute atomic E-state index is 0.00395. The lowest BCUT2D eigenvalue weighted by molar-refractivity contribution is -0.143. The molecule has 0 radical (unpaired) electrons. The maximum absolute atomic E-state index is 14.0. The first-order valence-electron chi connectivity index (χ1n) is 10.1. The standard InChI is InChI=1S/C19H26FO5P.C4H10/c1-17(2,3)13-10-12(16(22)14(11-13)18(4,5)6)8-9-15(21)19(7,20)25-26(23)24;1-3-4-2/h8-11H,1-7H3,(H-,21,22,23,24);3-4H2,1-2H3/p+1. The van der Waals surface area contributed by atoms with E-state index in [0.717, 1.165) is 18.6 Å². The van der Waals surface area contributed by atoms with Gasteiger partial charge in [-0.15, -0.1) is 4.89 Å². The summed E-state index contributed by atoms with van der Waals surface area (Å²) in [4.78, 5) is 20.6. The van der Waals surface area contributed by atoms with E-state index in [9.17, 15) is 18.9 Å². The number of carbonyl (C=O) groups excluding carboxylic acids is 1. The number of hydrogen-bond donors (Lipinski definition) is 2. The molecule has 0 aliphatic heterocycles. The maximum Gasteiger partial charge on any atom is 0.698 e. The molecule has 1 aromatic carbocycles. The monoisotopic (exact) mass is 443 g/mol. The summed E-state index contributed by atoms with van der Waals surface area (Å²) in [6.45, 7) is 17.1. The molecule has 5 nitrogen and oxygen atoms in total. The Kier molecular flexibility index (Phi) is 10.5. The first-order valence-corrected chi connectivity index (χ1v) is 11.2. The number of phenolic OH excluding ortho intramolecular Hbond substituents is 1. The first kappa shape index (κ1) is 28.4. The van der Waals surface area contributed by atoms with Crippen LogP contribution in [0, 0.1) is 0 Å². The second kappa shape index (κ2) is 11.1. The highest BCUT2D eigenvalue weighted by Crippen LogP contribution is 2.38. The van der Waals surface area contributed by atoms with Crippen LogP contribution in [-0.2, 0) is 24.7 Å². The average molecular weight is 444 g/mol. The zero-order valence-electron chi connectivity index (χ0n) is 19.7. The molecule has 0 aromatic heterocycles. The van der Waals surface area contributed by atoms with Gasteiger partial charge < -0.3 is 5.11 Å². The van der Waals surface area contributed by atoms with E-state index in [2.05, 4.69) is 18.4 Å². The Hall–Kier alpha value is -1.62. The van der Waals surface area contributed by atoms with Crippen molar-refractivity contribution >= 4 is 20.1 Å². The molecule has 1 aromatic rings. The van der Waals surface area contributed by atoms with Gasteiger partial charge in [0.05, 0.1) is 0 Å². The van der Waals surface area contributed by atoms with Crippen LogP contribution in [0.3, 0.4) is 0 Å². The molecule has 2 atom stereocenters. The van der Waals surface area contributed by atoms with Crippen molar-refractivity contribution in [3.05, 3.63) is 34.9 Å². The molecule has 0 aliphatic rings. The van der Waals surface area contributed by atoms with Crippen molar-refractivity contribution in [3.63, 3.8) is 0 Å². The molecule has 0 heterocycles. The summed E-state index contributed by atoms with van der Waals surface area (Å²) in [5, 5.41) is 10.6. The number of hydrogen-bond acceptors (Lipinski definition) is 4. The second-order valence-electron chi connectivity index (χ2n) is 9.41. The van der Waals surface area contributed by atoms with Gasteiger partial charge in [0, 0.05) is 22.6 Å². The van der Waals surface area contributed by atoms with Crippen LogP contribution in [0.15, 0.2) is 18.2 Å². The number of rotatable bonds is 6. The smallest absolute Gasteiger partial charge is 0.507 e. The van der Waals surface area contributed by atoms with Crippen molar-refractivity contribution in [1.29, 1.82) is 0 Å². The van der Waals surface area contributed by atoms with E-state index in [1.54, 1.807) is 6.07 Å². The first-order chi connectivity index (χ1) is 13.5. The van der Waals surface area contributed by atoms with Gasteiger partial charge in [-0.05, 0) is 34.6 Å². The molecular formula is C23H37FO5P+. The van der Waals surface area contributed by atoms with Gasteiger partial charge in [0.15, 0.2) is 0 Å². The molecule has 0 amide bonds. The topological polar surface area (TPSA) is 83.8 Å². The summed E-state index contributed by atoms with van der Waals surface area (Å²) < 4.78 is 28.8. The van der Waals surface area contributed by atoms with Crippen LogP contribution in [0.2, 0.25) is 0 Å². The summed E-state index contributed by atoms with van der Waals surface area (Å²) >= 11 is 0. The van der Waals surface area contributed by atoms with Gasteiger partial charge in [0.2, 0.25) is 5.78 Å². The van der Waals surface area contributed by atoms with Crippen molar-refractivity contribution in [2.75, 3.05) is 0 Å². The molecule has 7 heteroatoms. The average Bonchev–Trinajstić information content (AvgIpc) is 2.57. The molecular weight excluding hydrogens is 406 g/mol. The van der Waals surface area contributed by atoms with Crippen LogP contribution in [0.25, 0.3) is 6.08 Å². The van der Waals surface area contributed by atoms with Gasteiger partial charge in [-0.1, -0.05) is 78.8 Å². The highest BCUT2D eigenvalue weighted by Gasteiger charge is 2.42. The van der Waals surface area contributed by atoms with Gasteiger partial charge in [-0.3, -0.25) is 4.79 Å². The van der Waals surface area contributed by atoms with Crippen LogP contribution < -0.4 is 0 Å². The zero-order valence-corrected chi connectivity index (χ0v) is 20.6. The van der Waals surface area contributed by atoms with Crippen molar-refractivity contribution in [3.8, 4) is 5.75 Å². The van der Waals surface area contributed by atoms with E-state index >= 15 is 0 Å². The molecule has 0 spiro atoms. The number of benzene rings is 1. The fourth-order valence-electron chi connectivity index (χ4n) is 2.29. The van der Waals surface area contributed by atoms with Gasteiger partial charge in [0.25, 0.3) is 0 Å². The number of alkyl halides is 1. The number of ketones is 1. The molecule has 0 aliphatic carbocycles. The normalized spacial score (nSPS) is 14.7. The summed E-state index contributed by atoms with van der Waals surface area (Å²) in [7, 11) is -3.26. The highest BCUT2D eigenvalue weighted by atomic mass is 31.1. The maximum atomic E-state index is 14.0. The van der Waals surface area contributed by atoms with Crippen LogP contribution in [0.4, 0.5) is 4.39 Å². The van der Waals surface area contributed by atoms with E-state index in [1.807, 2.05) is 47.6 Å². The van der Waals surface area contributed by atoms with Crippen LogP contribution in [0.1, 0.15) is 91.8 Å². The van der Waals surface area contributed by atoms with Crippen molar-refractivity contribution < 1.29 is 28.3 Å². The van der Waals surface area contributed by atoms with E-state index in [4.69, 9.17) is 4.89 Å². The van der Waals surface area contributed by atoms with E-state index in [0.29, 0.717) is 11.1 Å². The fourth-order valence-corrected chi connectivity index (χ4v) is 2.68. The Morgan fingerprint density at radius 3 is 1.93 bits per heavy atom. The molecule has 0 saturated carbocycles. The molecule has 2 N–H and O–H groups in total. The van der Waals surface area contributed by atoms with Crippen molar-refractivity contribution in [1.82, 2.24) is 0 Å². The Bertz CT molecular complexity index is 769. The lowest BCUT2D eigenvalue weighted by atomic mass is 9.79. The SMILES string of the molecule is CC(F)(O[P+](=O)O)C(=O)/C=C/c1cc(C(C)(C)C)cc(C(C)(C)C)c1O.CCCC. The number of aromatic hydroxyl groups is 1.